The maximum atomic E-state index is 12.0. The number of carbonyl (C=O) groups is 2. The highest BCUT2D eigenvalue weighted by Gasteiger charge is 2.17. The van der Waals surface area contributed by atoms with E-state index in [0.29, 0.717) is 13.0 Å². The summed E-state index contributed by atoms with van der Waals surface area (Å²) in [5, 5.41) is 11.5. The minimum atomic E-state index is -0.223. The van der Waals surface area contributed by atoms with E-state index in [-0.39, 0.29) is 18.0 Å². The highest BCUT2D eigenvalue weighted by atomic mass is 32.1. The fourth-order valence-electron chi connectivity index (χ4n) is 2.66. The average molecular weight is 344 g/mol. The smallest absolute Gasteiger partial charge is 0.315 e. The van der Waals surface area contributed by atoms with E-state index in [9.17, 15) is 9.59 Å². The maximum absolute atomic E-state index is 12.0. The molecular weight excluding hydrogens is 324 g/mol. The Morgan fingerprint density at radius 1 is 1.42 bits per heavy atom. The fourth-order valence-corrected chi connectivity index (χ4v) is 3.28. The monoisotopic (exact) mass is 344 g/mol. The minimum absolute atomic E-state index is 0.0538. The summed E-state index contributed by atoms with van der Waals surface area (Å²) < 4.78 is 0. The molecule has 0 fully saturated rings. The number of fused-ring (bicyclic) bond motifs is 1. The molecule has 1 atom stereocenters. The van der Waals surface area contributed by atoms with Crippen LogP contribution in [-0.4, -0.2) is 16.9 Å². The molecule has 3 rings (SSSR count). The quantitative estimate of drug-likeness (QED) is 0.797. The molecular formula is C17H20N4O2S. The van der Waals surface area contributed by atoms with Crippen molar-refractivity contribution in [2.75, 3.05) is 5.32 Å². The lowest BCUT2D eigenvalue weighted by Gasteiger charge is -2.20. The zero-order valence-corrected chi connectivity index (χ0v) is 14.5. The zero-order chi connectivity index (χ0) is 17.1. The van der Waals surface area contributed by atoms with Crippen LogP contribution in [0.1, 0.15) is 41.2 Å². The molecule has 1 aromatic carbocycles. The van der Waals surface area contributed by atoms with Gasteiger partial charge >= 0.3 is 6.03 Å². The van der Waals surface area contributed by atoms with Gasteiger partial charge in [-0.3, -0.25) is 4.79 Å². The van der Waals surface area contributed by atoms with Crippen LogP contribution in [-0.2, 0) is 17.8 Å². The van der Waals surface area contributed by atoms with Gasteiger partial charge in [-0.15, -0.1) is 11.3 Å². The average Bonchev–Trinajstić information content (AvgIpc) is 2.98. The van der Waals surface area contributed by atoms with E-state index in [1.807, 2.05) is 37.4 Å². The third-order valence-corrected chi connectivity index (χ3v) is 4.79. The van der Waals surface area contributed by atoms with Crippen molar-refractivity contribution in [3.8, 4) is 0 Å². The van der Waals surface area contributed by atoms with E-state index >= 15 is 0 Å². The van der Waals surface area contributed by atoms with Gasteiger partial charge in [0.25, 0.3) is 0 Å². The number of hydrogen-bond acceptors (Lipinski definition) is 4. The first-order chi connectivity index (χ1) is 11.5. The third-order valence-electron chi connectivity index (χ3n) is 3.97. The summed E-state index contributed by atoms with van der Waals surface area (Å²) in [6.07, 6.45) is 1.24. The fraction of sp³-hybridized carbons (Fsp3) is 0.353. The largest absolute Gasteiger partial charge is 0.332 e. The lowest BCUT2D eigenvalue weighted by Crippen LogP contribution is -2.36. The Kier molecular flexibility index (Phi) is 4.80. The molecule has 6 nitrogen and oxygen atoms in total. The van der Waals surface area contributed by atoms with E-state index in [1.54, 1.807) is 11.3 Å². The van der Waals surface area contributed by atoms with Gasteiger partial charge in [0.1, 0.15) is 0 Å². The highest BCUT2D eigenvalue weighted by molar-refractivity contribution is 7.09. The number of aromatic nitrogens is 1. The highest BCUT2D eigenvalue weighted by Crippen LogP contribution is 2.26. The van der Waals surface area contributed by atoms with Gasteiger partial charge in [0.05, 0.1) is 23.3 Å². The van der Waals surface area contributed by atoms with Crippen LogP contribution in [0, 0.1) is 6.92 Å². The number of amides is 3. The molecule has 1 aliphatic heterocycles. The van der Waals surface area contributed by atoms with Crippen molar-refractivity contribution in [3.63, 3.8) is 0 Å². The summed E-state index contributed by atoms with van der Waals surface area (Å²) in [6.45, 7) is 4.30. The second-order valence-corrected chi connectivity index (χ2v) is 6.93. The Balaban J connectivity index is 1.57. The van der Waals surface area contributed by atoms with Crippen molar-refractivity contribution in [2.45, 2.75) is 39.3 Å². The van der Waals surface area contributed by atoms with Crippen LogP contribution in [0.25, 0.3) is 0 Å². The van der Waals surface area contributed by atoms with Crippen LogP contribution in [0.15, 0.2) is 23.6 Å². The first-order valence-electron chi connectivity index (χ1n) is 7.89. The van der Waals surface area contributed by atoms with Gasteiger partial charge in [-0.25, -0.2) is 9.78 Å². The van der Waals surface area contributed by atoms with Gasteiger partial charge in [0.2, 0.25) is 5.91 Å². The Morgan fingerprint density at radius 3 is 3.00 bits per heavy atom. The summed E-state index contributed by atoms with van der Waals surface area (Å²) in [5.41, 5.74) is 3.86. The lowest BCUT2D eigenvalue weighted by atomic mass is 9.98. The third kappa shape index (κ3) is 3.91. The molecule has 3 N–H and O–H groups in total. The molecule has 24 heavy (non-hydrogen) atoms. The Bertz CT molecular complexity index is 772. The Morgan fingerprint density at radius 2 is 2.25 bits per heavy atom. The Hall–Kier alpha value is -2.41. The van der Waals surface area contributed by atoms with E-state index in [1.165, 1.54) is 0 Å². The molecule has 126 valence electrons. The molecule has 0 spiro atoms. The number of rotatable bonds is 4. The second kappa shape index (κ2) is 7.00. The van der Waals surface area contributed by atoms with Crippen LogP contribution in [0.4, 0.5) is 10.5 Å². The molecule has 1 aromatic heterocycles. The number of benzene rings is 1. The van der Waals surface area contributed by atoms with Crippen LogP contribution < -0.4 is 16.0 Å². The Labute approximate surface area is 144 Å². The molecule has 0 saturated heterocycles. The van der Waals surface area contributed by atoms with Gasteiger partial charge in [0, 0.05) is 17.5 Å². The molecule has 7 heteroatoms. The summed E-state index contributed by atoms with van der Waals surface area (Å²) in [5.74, 6) is 0.0538. The topological polar surface area (TPSA) is 83.1 Å². The molecule has 0 saturated carbocycles. The molecule has 0 radical (unpaired) electrons. The van der Waals surface area contributed by atoms with Gasteiger partial charge < -0.3 is 16.0 Å². The van der Waals surface area contributed by atoms with E-state index in [0.717, 1.165) is 33.9 Å². The van der Waals surface area contributed by atoms with Gasteiger partial charge in [-0.1, -0.05) is 12.1 Å². The summed E-state index contributed by atoms with van der Waals surface area (Å²) >= 11 is 1.57. The standard InChI is InChI=1S/C17H20N4O2S/c1-10(19-17(23)18-8-14-9-24-11(2)20-14)12-3-5-15-13(7-12)4-6-16(22)21-15/h3,5,7,9-10H,4,6,8H2,1-2H3,(H,21,22)(H2,18,19,23)/t10-/m0/s1. The summed E-state index contributed by atoms with van der Waals surface area (Å²) in [4.78, 5) is 27.8. The molecule has 2 aromatic rings. The van der Waals surface area contributed by atoms with Gasteiger partial charge in [0.15, 0.2) is 0 Å². The SMILES string of the molecule is Cc1nc(CNC(=O)N[C@@H](C)c2ccc3c(c2)CCC(=O)N3)cs1. The number of nitrogens with zero attached hydrogens (tertiary/aromatic N) is 1. The number of hydrogen-bond donors (Lipinski definition) is 3. The van der Waals surface area contributed by atoms with Crippen LogP contribution >= 0.6 is 11.3 Å². The zero-order valence-electron chi connectivity index (χ0n) is 13.7. The van der Waals surface area contributed by atoms with Crippen molar-refractivity contribution < 1.29 is 9.59 Å². The number of urea groups is 1. The number of nitrogens with one attached hydrogen (secondary N) is 3. The van der Waals surface area contributed by atoms with Gasteiger partial charge in [-0.2, -0.15) is 0 Å². The molecule has 3 amide bonds. The van der Waals surface area contributed by atoms with Crippen LogP contribution in [0.2, 0.25) is 0 Å². The predicted molar refractivity (Wildman–Crippen MR) is 94.0 cm³/mol. The van der Waals surface area contributed by atoms with Crippen molar-refractivity contribution >= 4 is 29.0 Å². The van der Waals surface area contributed by atoms with E-state index < -0.39 is 0 Å². The lowest BCUT2D eigenvalue weighted by molar-refractivity contribution is -0.116. The first-order valence-corrected chi connectivity index (χ1v) is 8.77. The normalized spacial score (nSPS) is 14.5. The molecule has 0 aliphatic carbocycles. The summed E-state index contributed by atoms with van der Waals surface area (Å²) in [6, 6.07) is 5.53. The van der Waals surface area contributed by atoms with Crippen molar-refractivity contribution in [1.29, 1.82) is 0 Å². The van der Waals surface area contributed by atoms with Crippen molar-refractivity contribution in [3.05, 3.63) is 45.4 Å². The molecule has 0 bridgehead atoms. The van der Waals surface area contributed by atoms with E-state index in [2.05, 4.69) is 20.9 Å². The maximum Gasteiger partial charge on any atom is 0.315 e. The molecule has 0 unspecified atom stereocenters. The molecule has 1 aliphatic rings. The number of anilines is 1. The minimum Gasteiger partial charge on any atom is -0.332 e. The number of thiazole rings is 1. The summed E-state index contributed by atoms with van der Waals surface area (Å²) in [7, 11) is 0. The van der Waals surface area contributed by atoms with Gasteiger partial charge in [-0.05, 0) is 37.5 Å². The van der Waals surface area contributed by atoms with Crippen molar-refractivity contribution in [2.24, 2.45) is 0 Å². The molecule has 2 heterocycles. The number of carbonyl (C=O) groups excluding carboxylic acids is 2. The van der Waals surface area contributed by atoms with E-state index in [4.69, 9.17) is 0 Å². The van der Waals surface area contributed by atoms with Crippen LogP contribution in [0.3, 0.4) is 0 Å². The number of aryl methyl sites for hydroxylation is 2. The second-order valence-electron chi connectivity index (χ2n) is 5.87. The first kappa shape index (κ1) is 16.4. The van der Waals surface area contributed by atoms with Crippen LogP contribution in [0.5, 0.6) is 0 Å². The predicted octanol–water partition coefficient (Wildman–Crippen LogP) is 2.90. The van der Waals surface area contributed by atoms with Crippen molar-refractivity contribution in [1.82, 2.24) is 15.6 Å².